The van der Waals surface area contributed by atoms with Crippen LogP contribution in [0.3, 0.4) is 0 Å². The lowest BCUT2D eigenvalue weighted by Crippen LogP contribution is -2.29. The zero-order chi connectivity index (χ0) is 15.7. The Morgan fingerprint density at radius 3 is 2.68 bits per heavy atom. The Morgan fingerprint density at radius 1 is 1.23 bits per heavy atom. The molecule has 112 valence electrons. The maximum absolute atomic E-state index is 13.3. The molecule has 2 N–H and O–H groups in total. The molecule has 0 saturated carbocycles. The zero-order valence-electron chi connectivity index (χ0n) is 11.9. The first-order valence-corrected chi connectivity index (χ1v) is 7.69. The molecule has 3 rings (SSSR count). The molecule has 22 heavy (non-hydrogen) atoms. The monoisotopic (exact) mass is 315 g/mol. The lowest BCUT2D eigenvalue weighted by atomic mass is 10.2. The first-order chi connectivity index (χ1) is 10.5. The average Bonchev–Trinajstić information content (AvgIpc) is 2.51. The van der Waals surface area contributed by atoms with Gasteiger partial charge in [0.15, 0.2) is 5.16 Å². The van der Waals surface area contributed by atoms with Crippen LogP contribution in [0.5, 0.6) is 0 Å². The predicted octanol–water partition coefficient (Wildman–Crippen LogP) is 2.85. The fraction of sp³-hybridized carbons (Fsp3) is 0.125. The number of hydrogen-bond acceptors (Lipinski definition) is 4. The van der Waals surface area contributed by atoms with Gasteiger partial charge in [0.25, 0.3) is 5.56 Å². The summed E-state index contributed by atoms with van der Waals surface area (Å²) in [5.74, 6) is 6.00. The van der Waals surface area contributed by atoms with E-state index in [-0.39, 0.29) is 5.56 Å². The number of nitrogens with two attached hydrogens (primary N) is 1. The third kappa shape index (κ3) is 2.82. The molecule has 3 aromatic rings. The molecular formula is C16H14FN3OS. The number of thioether (sulfide) groups is 1. The number of aryl methyl sites for hydroxylation is 1. The molecule has 0 aliphatic carbocycles. The second-order valence-electron chi connectivity index (χ2n) is 5.01. The van der Waals surface area contributed by atoms with E-state index in [1.54, 1.807) is 0 Å². The lowest BCUT2D eigenvalue weighted by Gasteiger charge is -2.08. The molecule has 0 saturated heterocycles. The van der Waals surface area contributed by atoms with Crippen LogP contribution in [0.15, 0.2) is 52.4 Å². The molecule has 0 unspecified atom stereocenters. The fourth-order valence-corrected chi connectivity index (χ4v) is 2.96. The van der Waals surface area contributed by atoms with Gasteiger partial charge in [-0.05, 0) is 24.6 Å². The van der Waals surface area contributed by atoms with Gasteiger partial charge in [0.2, 0.25) is 0 Å². The maximum Gasteiger partial charge on any atom is 0.280 e. The average molecular weight is 315 g/mol. The van der Waals surface area contributed by atoms with Gasteiger partial charge in [0.1, 0.15) is 5.82 Å². The summed E-state index contributed by atoms with van der Waals surface area (Å²) in [6, 6.07) is 11.9. The van der Waals surface area contributed by atoms with Crippen molar-refractivity contribution in [2.75, 3.05) is 5.84 Å². The lowest BCUT2D eigenvalue weighted by molar-refractivity contribution is 0.628. The van der Waals surface area contributed by atoms with Gasteiger partial charge in [0.05, 0.1) is 10.9 Å². The Hall–Kier alpha value is -2.34. The fourth-order valence-electron chi connectivity index (χ4n) is 2.09. The Balaban J connectivity index is 1.94. The molecule has 0 atom stereocenters. The van der Waals surface area contributed by atoms with E-state index in [1.807, 2.05) is 31.2 Å². The summed E-state index contributed by atoms with van der Waals surface area (Å²) in [5, 5.41) is 0.673. The van der Waals surface area contributed by atoms with Crippen LogP contribution in [0.1, 0.15) is 11.1 Å². The first kappa shape index (κ1) is 14.6. The number of rotatable bonds is 3. The number of benzene rings is 2. The molecule has 2 aromatic carbocycles. The van der Waals surface area contributed by atoms with Crippen LogP contribution in [0.2, 0.25) is 0 Å². The van der Waals surface area contributed by atoms with Crippen LogP contribution in [0.25, 0.3) is 10.9 Å². The summed E-state index contributed by atoms with van der Waals surface area (Å²) >= 11 is 1.35. The van der Waals surface area contributed by atoms with E-state index in [0.717, 1.165) is 10.2 Å². The van der Waals surface area contributed by atoms with Crippen LogP contribution >= 0.6 is 11.8 Å². The molecule has 0 fully saturated rings. The number of nitrogens with zero attached hydrogens (tertiary/aromatic N) is 2. The van der Waals surface area contributed by atoms with E-state index in [0.29, 0.717) is 21.8 Å². The number of hydrogen-bond donors (Lipinski definition) is 1. The predicted molar refractivity (Wildman–Crippen MR) is 86.9 cm³/mol. The van der Waals surface area contributed by atoms with Crippen LogP contribution in [-0.4, -0.2) is 9.66 Å². The van der Waals surface area contributed by atoms with Gasteiger partial charge in [-0.2, -0.15) is 0 Å². The van der Waals surface area contributed by atoms with Gasteiger partial charge >= 0.3 is 0 Å². The van der Waals surface area contributed by atoms with Crippen molar-refractivity contribution in [3.05, 3.63) is 69.8 Å². The SMILES string of the molecule is Cc1ccc(CSc2nc3cc(F)ccc3c(=O)n2N)cc1. The van der Waals surface area contributed by atoms with Crippen molar-refractivity contribution in [1.29, 1.82) is 0 Å². The highest BCUT2D eigenvalue weighted by molar-refractivity contribution is 7.98. The number of aromatic nitrogens is 2. The van der Waals surface area contributed by atoms with Crippen LogP contribution in [0, 0.1) is 12.7 Å². The minimum atomic E-state index is -0.427. The first-order valence-electron chi connectivity index (χ1n) is 6.70. The van der Waals surface area contributed by atoms with Crippen molar-refractivity contribution >= 4 is 22.7 Å². The van der Waals surface area contributed by atoms with E-state index in [9.17, 15) is 9.18 Å². The molecular weight excluding hydrogens is 301 g/mol. The molecule has 0 amide bonds. The summed E-state index contributed by atoms with van der Waals surface area (Å²) in [5.41, 5.74) is 2.22. The summed E-state index contributed by atoms with van der Waals surface area (Å²) in [4.78, 5) is 16.5. The molecule has 0 radical (unpaired) electrons. The van der Waals surface area contributed by atoms with Gasteiger partial charge in [-0.15, -0.1) is 0 Å². The van der Waals surface area contributed by atoms with E-state index in [4.69, 9.17) is 5.84 Å². The minimum Gasteiger partial charge on any atom is -0.334 e. The molecule has 0 aliphatic rings. The molecule has 0 bridgehead atoms. The van der Waals surface area contributed by atoms with Crippen molar-refractivity contribution in [2.45, 2.75) is 17.8 Å². The third-order valence-corrected chi connectivity index (χ3v) is 4.34. The van der Waals surface area contributed by atoms with Crippen molar-refractivity contribution in [2.24, 2.45) is 0 Å². The second kappa shape index (κ2) is 5.81. The van der Waals surface area contributed by atoms with Crippen molar-refractivity contribution < 1.29 is 4.39 Å². The summed E-state index contributed by atoms with van der Waals surface area (Å²) < 4.78 is 14.3. The van der Waals surface area contributed by atoms with Gasteiger partial charge in [-0.25, -0.2) is 14.1 Å². The normalized spacial score (nSPS) is 11.0. The van der Waals surface area contributed by atoms with Crippen LogP contribution in [0.4, 0.5) is 4.39 Å². The Labute approximate surface area is 130 Å². The van der Waals surface area contributed by atoms with Gasteiger partial charge < -0.3 is 5.84 Å². The Morgan fingerprint density at radius 2 is 1.95 bits per heavy atom. The van der Waals surface area contributed by atoms with E-state index in [1.165, 1.54) is 35.5 Å². The molecule has 1 heterocycles. The van der Waals surface area contributed by atoms with Crippen LogP contribution < -0.4 is 11.4 Å². The maximum atomic E-state index is 13.3. The molecule has 1 aromatic heterocycles. The van der Waals surface area contributed by atoms with E-state index < -0.39 is 5.82 Å². The highest BCUT2D eigenvalue weighted by atomic mass is 32.2. The molecule has 0 aliphatic heterocycles. The number of nitrogen functional groups attached to an aromatic ring is 1. The number of fused-ring (bicyclic) bond motifs is 1. The van der Waals surface area contributed by atoms with Gasteiger partial charge in [0, 0.05) is 11.8 Å². The Bertz CT molecular complexity index is 890. The standard InChI is InChI=1S/C16H14FN3OS/c1-10-2-4-11(5-3-10)9-22-16-19-14-8-12(17)6-7-13(14)15(21)20(16)18/h2-8H,9,18H2,1H3. The number of halogens is 1. The summed E-state index contributed by atoms with van der Waals surface area (Å²) in [7, 11) is 0. The van der Waals surface area contributed by atoms with E-state index in [2.05, 4.69) is 4.98 Å². The third-order valence-electron chi connectivity index (χ3n) is 3.32. The quantitative estimate of drug-likeness (QED) is 0.459. The second-order valence-corrected chi connectivity index (χ2v) is 5.95. The van der Waals surface area contributed by atoms with Crippen molar-refractivity contribution in [3.63, 3.8) is 0 Å². The van der Waals surface area contributed by atoms with Gasteiger partial charge in [-0.3, -0.25) is 4.79 Å². The van der Waals surface area contributed by atoms with Crippen molar-refractivity contribution in [3.8, 4) is 0 Å². The largest absolute Gasteiger partial charge is 0.334 e. The van der Waals surface area contributed by atoms with E-state index >= 15 is 0 Å². The van der Waals surface area contributed by atoms with Crippen molar-refractivity contribution in [1.82, 2.24) is 9.66 Å². The minimum absolute atomic E-state index is 0.309. The Kier molecular flexibility index (Phi) is 3.85. The molecule has 6 heteroatoms. The smallest absolute Gasteiger partial charge is 0.280 e. The zero-order valence-corrected chi connectivity index (χ0v) is 12.7. The van der Waals surface area contributed by atoms with Gasteiger partial charge in [-0.1, -0.05) is 41.6 Å². The molecule has 0 spiro atoms. The van der Waals surface area contributed by atoms with Crippen LogP contribution in [-0.2, 0) is 5.75 Å². The summed E-state index contributed by atoms with van der Waals surface area (Å²) in [6.45, 7) is 2.02. The highest BCUT2D eigenvalue weighted by Crippen LogP contribution is 2.21. The molecule has 4 nitrogen and oxygen atoms in total. The summed E-state index contributed by atoms with van der Waals surface area (Å²) in [6.07, 6.45) is 0. The highest BCUT2D eigenvalue weighted by Gasteiger charge is 2.10. The topological polar surface area (TPSA) is 60.9 Å².